The van der Waals surface area contributed by atoms with Gasteiger partial charge in [0.25, 0.3) is 0 Å². The van der Waals surface area contributed by atoms with Gasteiger partial charge in [-0.25, -0.2) is 13.2 Å². The minimum Gasteiger partial charge on any atom is -0.445 e. The van der Waals surface area contributed by atoms with E-state index in [-0.39, 0.29) is 12.3 Å². The Kier molecular flexibility index (Phi) is 2.90. The van der Waals surface area contributed by atoms with Crippen LogP contribution in [0.25, 0.3) is 0 Å². The zero-order chi connectivity index (χ0) is 13.9. The molecule has 0 aliphatic carbocycles. The van der Waals surface area contributed by atoms with Crippen LogP contribution in [0.5, 0.6) is 0 Å². The summed E-state index contributed by atoms with van der Waals surface area (Å²) < 4.78 is 27.9. The average Bonchev–Trinajstić information content (AvgIpc) is 2.31. The Morgan fingerprint density at radius 3 is 2.56 bits per heavy atom. The van der Waals surface area contributed by atoms with Crippen molar-refractivity contribution in [2.75, 3.05) is 0 Å². The second-order valence-corrected chi connectivity index (χ2v) is 8.29. The summed E-state index contributed by atoms with van der Waals surface area (Å²) in [5.74, 6) is -1.13. The number of rotatable bonds is 2. The normalized spacial score (nSPS) is 33.6. The fraction of sp³-hybridized carbons (Fsp3) is 0.800. The van der Waals surface area contributed by atoms with Crippen molar-refractivity contribution in [1.82, 2.24) is 4.90 Å². The largest absolute Gasteiger partial charge is 0.445 e. The fourth-order valence-corrected chi connectivity index (χ4v) is 4.64. The third-order valence-corrected chi connectivity index (χ3v) is 6.37. The SMILES string of the molecule is C[C@H](Cl)OC(=O)[C@@H]1N2C(=O)C[C@H]2S(=O)(=O)C1(C)C. The van der Waals surface area contributed by atoms with Gasteiger partial charge in [0, 0.05) is 0 Å². The van der Waals surface area contributed by atoms with Crippen molar-refractivity contribution >= 4 is 33.3 Å². The summed E-state index contributed by atoms with van der Waals surface area (Å²) in [7, 11) is -3.57. The average molecular weight is 296 g/mol. The van der Waals surface area contributed by atoms with Gasteiger partial charge in [0.15, 0.2) is 15.4 Å². The highest BCUT2D eigenvalue weighted by atomic mass is 35.5. The zero-order valence-electron chi connectivity index (χ0n) is 10.2. The van der Waals surface area contributed by atoms with Crippen LogP contribution >= 0.6 is 11.6 Å². The Hall–Kier alpha value is -0.820. The minimum atomic E-state index is -3.57. The summed E-state index contributed by atoms with van der Waals surface area (Å²) >= 11 is 5.56. The molecule has 0 bridgehead atoms. The fourth-order valence-electron chi connectivity index (χ4n) is 2.43. The zero-order valence-corrected chi connectivity index (χ0v) is 11.8. The standard InChI is InChI=1S/C10H14ClNO5S/c1-5(11)17-9(14)8-10(2,3)18(15,16)7-4-6(13)12(7)8/h5,7-8H,4H2,1-3H3/t5-,7-,8+/m1/s1. The van der Waals surface area contributed by atoms with Crippen molar-refractivity contribution < 1.29 is 22.7 Å². The maximum atomic E-state index is 12.2. The highest BCUT2D eigenvalue weighted by Gasteiger charge is 2.68. The lowest BCUT2D eigenvalue weighted by Gasteiger charge is -2.36. The molecule has 3 atom stereocenters. The number of amides is 1. The number of nitrogens with zero attached hydrogens (tertiary/aromatic N) is 1. The van der Waals surface area contributed by atoms with Crippen LogP contribution in [0.3, 0.4) is 0 Å². The van der Waals surface area contributed by atoms with Gasteiger partial charge < -0.3 is 9.64 Å². The molecule has 0 unspecified atom stereocenters. The Balaban J connectivity index is 2.40. The molecule has 18 heavy (non-hydrogen) atoms. The van der Waals surface area contributed by atoms with E-state index in [1.807, 2.05) is 0 Å². The molecule has 0 aromatic rings. The van der Waals surface area contributed by atoms with Crippen molar-refractivity contribution in [3.8, 4) is 0 Å². The summed E-state index contributed by atoms with van der Waals surface area (Å²) in [5.41, 5.74) is -0.869. The summed E-state index contributed by atoms with van der Waals surface area (Å²) in [5, 5.41) is -0.900. The van der Waals surface area contributed by atoms with E-state index in [0.29, 0.717) is 0 Å². The summed E-state index contributed by atoms with van der Waals surface area (Å²) in [4.78, 5) is 24.5. The molecule has 2 saturated heterocycles. The summed E-state index contributed by atoms with van der Waals surface area (Å²) in [6.45, 7) is 4.31. The van der Waals surface area contributed by atoms with Gasteiger partial charge in [-0.2, -0.15) is 0 Å². The number of fused-ring (bicyclic) bond motifs is 1. The van der Waals surface area contributed by atoms with Gasteiger partial charge in [0.2, 0.25) is 5.91 Å². The second-order valence-electron chi connectivity index (χ2n) is 4.99. The van der Waals surface area contributed by atoms with Crippen LogP contribution in [0.2, 0.25) is 0 Å². The molecule has 8 heteroatoms. The van der Waals surface area contributed by atoms with E-state index < -0.39 is 37.5 Å². The summed E-state index contributed by atoms with van der Waals surface area (Å²) in [6.07, 6.45) is -0.0635. The summed E-state index contributed by atoms with van der Waals surface area (Å²) in [6, 6.07) is -1.12. The maximum Gasteiger partial charge on any atom is 0.332 e. The van der Waals surface area contributed by atoms with Crippen LogP contribution in [0.1, 0.15) is 27.2 Å². The third-order valence-electron chi connectivity index (χ3n) is 3.48. The predicted octanol–water partition coefficient (Wildman–Crippen LogP) is 0.248. The van der Waals surface area contributed by atoms with Gasteiger partial charge in [-0.15, -0.1) is 0 Å². The molecule has 2 heterocycles. The maximum absolute atomic E-state index is 12.2. The molecule has 0 spiro atoms. The van der Waals surface area contributed by atoms with Crippen LogP contribution in [0.4, 0.5) is 0 Å². The molecule has 2 fully saturated rings. The van der Waals surface area contributed by atoms with Gasteiger partial charge in [-0.3, -0.25) is 4.79 Å². The molecule has 2 aliphatic rings. The quantitative estimate of drug-likeness (QED) is 0.414. The number of β-lactam (4-membered cyclic amide) rings is 1. The van der Waals surface area contributed by atoms with Crippen molar-refractivity contribution in [3.63, 3.8) is 0 Å². The first-order chi connectivity index (χ1) is 8.10. The van der Waals surface area contributed by atoms with Crippen LogP contribution in [-0.2, 0) is 24.2 Å². The smallest absolute Gasteiger partial charge is 0.332 e. The number of carbonyl (C=O) groups excluding carboxylic acids is 2. The van der Waals surface area contributed by atoms with E-state index in [1.54, 1.807) is 0 Å². The molecule has 1 amide bonds. The van der Waals surface area contributed by atoms with E-state index in [9.17, 15) is 18.0 Å². The molecule has 0 radical (unpaired) electrons. The molecule has 0 N–H and O–H groups in total. The minimum absolute atomic E-state index is 0.0635. The Morgan fingerprint density at radius 1 is 1.56 bits per heavy atom. The molecule has 2 rings (SSSR count). The number of carbonyl (C=O) groups is 2. The monoisotopic (exact) mass is 295 g/mol. The molecule has 102 valence electrons. The lowest BCUT2D eigenvalue weighted by Crippen LogP contribution is -2.57. The highest BCUT2D eigenvalue weighted by molar-refractivity contribution is 7.93. The van der Waals surface area contributed by atoms with Gasteiger partial charge >= 0.3 is 5.97 Å². The molecule has 0 aromatic carbocycles. The van der Waals surface area contributed by atoms with E-state index in [0.717, 1.165) is 4.90 Å². The Morgan fingerprint density at radius 2 is 2.11 bits per heavy atom. The highest BCUT2D eigenvalue weighted by Crippen LogP contribution is 2.46. The van der Waals surface area contributed by atoms with Crippen LogP contribution in [-0.4, -0.2) is 46.9 Å². The lowest BCUT2D eigenvalue weighted by molar-refractivity contribution is -0.162. The molecular weight excluding hydrogens is 282 g/mol. The second kappa shape index (κ2) is 3.84. The van der Waals surface area contributed by atoms with E-state index in [4.69, 9.17) is 16.3 Å². The van der Waals surface area contributed by atoms with Crippen molar-refractivity contribution in [1.29, 1.82) is 0 Å². The van der Waals surface area contributed by atoms with Crippen LogP contribution in [0, 0.1) is 0 Å². The third kappa shape index (κ3) is 1.56. The number of hydrogen-bond donors (Lipinski definition) is 0. The van der Waals surface area contributed by atoms with Crippen LogP contribution < -0.4 is 0 Å². The van der Waals surface area contributed by atoms with E-state index in [2.05, 4.69) is 0 Å². The van der Waals surface area contributed by atoms with E-state index in [1.165, 1.54) is 20.8 Å². The first-order valence-corrected chi connectivity index (χ1v) is 7.48. The van der Waals surface area contributed by atoms with Gasteiger partial charge in [0.1, 0.15) is 11.4 Å². The van der Waals surface area contributed by atoms with Crippen molar-refractivity contribution in [2.24, 2.45) is 0 Å². The van der Waals surface area contributed by atoms with Crippen molar-refractivity contribution in [3.05, 3.63) is 0 Å². The number of halogens is 1. The Labute approximate surface area is 110 Å². The number of hydrogen-bond acceptors (Lipinski definition) is 5. The van der Waals surface area contributed by atoms with Gasteiger partial charge in [-0.1, -0.05) is 11.6 Å². The van der Waals surface area contributed by atoms with Gasteiger partial charge in [-0.05, 0) is 20.8 Å². The molecule has 0 aromatic heterocycles. The Bertz CT molecular complexity index is 512. The molecule has 6 nitrogen and oxygen atoms in total. The first kappa shape index (κ1) is 13.6. The molecular formula is C10H14ClNO5S. The molecule has 2 aliphatic heterocycles. The molecule has 0 saturated carbocycles. The van der Waals surface area contributed by atoms with E-state index >= 15 is 0 Å². The van der Waals surface area contributed by atoms with Crippen molar-refractivity contribution in [2.45, 2.75) is 48.9 Å². The topological polar surface area (TPSA) is 80.8 Å². The predicted molar refractivity (Wildman–Crippen MR) is 63.4 cm³/mol. The first-order valence-electron chi connectivity index (χ1n) is 5.50. The van der Waals surface area contributed by atoms with Crippen LogP contribution in [0.15, 0.2) is 0 Å². The van der Waals surface area contributed by atoms with Gasteiger partial charge in [0.05, 0.1) is 11.2 Å². The number of alkyl halides is 1. The number of ether oxygens (including phenoxy) is 1. The number of esters is 1. The number of sulfone groups is 1. The lowest BCUT2D eigenvalue weighted by atomic mass is 9.98.